The molecule has 0 aliphatic heterocycles. The monoisotopic (exact) mass is 237 g/mol. The summed E-state index contributed by atoms with van der Waals surface area (Å²) in [5.74, 6) is 0.564. The zero-order valence-electron chi connectivity index (χ0n) is 9.40. The van der Waals surface area contributed by atoms with Crippen LogP contribution < -0.4 is 11.1 Å². The minimum atomic E-state index is 0.564. The smallest absolute Gasteiger partial charge is 0.139 e. The second-order valence-electron chi connectivity index (χ2n) is 3.60. The van der Waals surface area contributed by atoms with Gasteiger partial charge in [-0.05, 0) is 18.0 Å². The van der Waals surface area contributed by atoms with Gasteiger partial charge in [-0.25, -0.2) is 0 Å². The molecule has 0 spiro atoms. The molecule has 86 valence electrons. The molecule has 0 amide bonds. The van der Waals surface area contributed by atoms with Crippen molar-refractivity contribution < 1.29 is 0 Å². The summed E-state index contributed by atoms with van der Waals surface area (Å²) in [6.45, 7) is 2.87. The summed E-state index contributed by atoms with van der Waals surface area (Å²) in [6.07, 6.45) is 2.99. The number of hydrogen-bond acceptors (Lipinski definition) is 5. The van der Waals surface area contributed by atoms with Gasteiger partial charge in [-0.2, -0.15) is 9.47 Å². The average molecular weight is 237 g/mol. The van der Waals surface area contributed by atoms with E-state index >= 15 is 0 Å². The van der Waals surface area contributed by atoms with Gasteiger partial charge < -0.3 is 11.1 Å². The zero-order chi connectivity index (χ0) is 11.5. The molecule has 2 aromatic heterocycles. The van der Waals surface area contributed by atoms with E-state index in [1.807, 2.05) is 24.0 Å². The van der Waals surface area contributed by atoms with Crippen LogP contribution in [0.3, 0.4) is 0 Å². The Morgan fingerprint density at radius 1 is 1.56 bits per heavy atom. The Morgan fingerprint density at radius 3 is 3.00 bits per heavy atom. The van der Waals surface area contributed by atoms with E-state index in [0.29, 0.717) is 5.82 Å². The van der Waals surface area contributed by atoms with Gasteiger partial charge in [-0.15, -0.1) is 0 Å². The quantitative estimate of drug-likeness (QED) is 0.848. The highest BCUT2D eigenvalue weighted by Gasteiger charge is 2.06. The highest BCUT2D eigenvalue weighted by Crippen LogP contribution is 2.19. The molecule has 16 heavy (non-hydrogen) atoms. The van der Waals surface area contributed by atoms with Gasteiger partial charge in [0.2, 0.25) is 0 Å². The highest BCUT2D eigenvalue weighted by molar-refractivity contribution is 7.10. The molecule has 2 aromatic rings. The van der Waals surface area contributed by atoms with E-state index in [-0.39, 0.29) is 0 Å². The number of nitrogens with zero attached hydrogens (tertiary/aromatic N) is 3. The Balaban J connectivity index is 2.04. The van der Waals surface area contributed by atoms with Crippen molar-refractivity contribution in [1.29, 1.82) is 0 Å². The molecular formula is C10H15N5S. The van der Waals surface area contributed by atoms with E-state index in [9.17, 15) is 0 Å². The number of anilines is 2. The lowest BCUT2D eigenvalue weighted by Gasteiger charge is -2.01. The van der Waals surface area contributed by atoms with Crippen LogP contribution in [0.2, 0.25) is 0 Å². The van der Waals surface area contributed by atoms with Crippen LogP contribution >= 0.6 is 11.5 Å². The summed E-state index contributed by atoms with van der Waals surface area (Å²) >= 11 is 1.38. The maximum Gasteiger partial charge on any atom is 0.139 e. The van der Waals surface area contributed by atoms with Gasteiger partial charge in [0.25, 0.3) is 0 Å². The fourth-order valence-corrected chi connectivity index (χ4v) is 2.15. The Morgan fingerprint density at radius 2 is 2.38 bits per heavy atom. The van der Waals surface area contributed by atoms with Crippen molar-refractivity contribution in [2.24, 2.45) is 7.05 Å². The zero-order valence-corrected chi connectivity index (χ0v) is 10.2. The van der Waals surface area contributed by atoms with Crippen LogP contribution in [0.5, 0.6) is 0 Å². The van der Waals surface area contributed by atoms with E-state index in [1.165, 1.54) is 17.1 Å². The van der Waals surface area contributed by atoms with Gasteiger partial charge in [0, 0.05) is 31.4 Å². The first-order valence-electron chi connectivity index (χ1n) is 5.16. The predicted molar refractivity (Wildman–Crippen MR) is 66.4 cm³/mol. The van der Waals surface area contributed by atoms with Crippen LogP contribution in [0, 0.1) is 0 Å². The fourth-order valence-electron chi connectivity index (χ4n) is 1.58. The highest BCUT2D eigenvalue weighted by atomic mass is 32.1. The number of aryl methyl sites for hydroxylation is 2. The topological polar surface area (TPSA) is 68.8 Å². The first-order valence-corrected chi connectivity index (χ1v) is 5.94. The third kappa shape index (κ3) is 2.33. The molecule has 3 N–H and O–H groups in total. The summed E-state index contributed by atoms with van der Waals surface area (Å²) < 4.78 is 5.86. The van der Waals surface area contributed by atoms with Crippen molar-refractivity contribution >= 4 is 22.4 Å². The lowest BCUT2D eigenvalue weighted by Crippen LogP contribution is -1.99. The van der Waals surface area contributed by atoms with Crippen molar-refractivity contribution in [2.75, 3.05) is 11.1 Å². The molecule has 0 saturated carbocycles. The average Bonchev–Trinajstić information content (AvgIpc) is 2.81. The largest absolute Gasteiger partial charge is 0.383 e. The lowest BCUT2D eigenvalue weighted by molar-refractivity contribution is 0.746. The van der Waals surface area contributed by atoms with E-state index in [2.05, 4.69) is 21.7 Å². The SMILES string of the molecule is CCc1nn(C)cc1CNc1cc(N)ns1. The van der Waals surface area contributed by atoms with E-state index in [0.717, 1.165) is 23.7 Å². The normalized spacial score (nSPS) is 10.6. The number of nitrogens with two attached hydrogens (primary N) is 1. The number of aromatic nitrogens is 3. The molecule has 0 fully saturated rings. The molecule has 0 unspecified atom stereocenters. The van der Waals surface area contributed by atoms with Crippen molar-refractivity contribution in [3.63, 3.8) is 0 Å². The third-order valence-electron chi connectivity index (χ3n) is 2.31. The molecule has 5 nitrogen and oxygen atoms in total. The van der Waals surface area contributed by atoms with Crippen molar-refractivity contribution in [1.82, 2.24) is 14.2 Å². The lowest BCUT2D eigenvalue weighted by atomic mass is 10.2. The summed E-state index contributed by atoms with van der Waals surface area (Å²) in [5.41, 5.74) is 7.90. The standard InChI is InChI=1S/C10H15N5S/c1-3-8-7(6-15(2)13-8)5-12-10-4-9(11)14-16-10/h4,6,12H,3,5H2,1-2H3,(H2,11,14). The maximum atomic E-state index is 5.55. The molecule has 0 atom stereocenters. The molecule has 0 aliphatic rings. The van der Waals surface area contributed by atoms with E-state index < -0.39 is 0 Å². The van der Waals surface area contributed by atoms with Crippen LogP contribution in [0.4, 0.5) is 10.8 Å². The first kappa shape index (κ1) is 10.9. The molecule has 0 aromatic carbocycles. The molecule has 0 saturated heterocycles. The first-order chi connectivity index (χ1) is 7.69. The molecule has 2 rings (SSSR count). The minimum absolute atomic E-state index is 0.564. The molecule has 6 heteroatoms. The van der Waals surface area contributed by atoms with E-state index in [4.69, 9.17) is 5.73 Å². The van der Waals surface area contributed by atoms with Gasteiger partial charge in [0.1, 0.15) is 10.8 Å². The van der Waals surface area contributed by atoms with Crippen molar-refractivity contribution in [2.45, 2.75) is 19.9 Å². The van der Waals surface area contributed by atoms with Crippen LogP contribution in [0.15, 0.2) is 12.3 Å². The van der Waals surface area contributed by atoms with Crippen LogP contribution in [0.25, 0.3) is 0 Å². The summed E-state index contributed by atoms with van der Waals surface area (Å²) in [6, 6.07) is 1.84. The van der Waals surface area contributed by atoms with Gasteiger partial charge in [-0.3, -0.25) is 4.68 Å². The summed E-state index contributed by atoms with van der Waals surface area (Å²) in [5, 5.41) is 8.67. The van der Waals surface area contributed by atoms with Gasteiger partial charge in [0.05, 0.1) is 5.69 Å². The van der Waals surface area contributed by atoms with Crippen LogP contribution in [-0.2, 0) is 20.0 Å². The van der Waals surface area contributed by atoms with Gasteiger partial charge >= 0.3 is 0 Å². The van der Waals surface area contributed by atoms with Crippen LogP contribution in [-0.4, -0.2) is 14.2 Å². The summed E-state index contributed by atoms with van der Waals surface area (Å²) in [4.78, 5) is 0. The summed E-state index contributed by atoms with van der Waals surface area (Å²) in [7, 11) is 1.94. The third-order valence-corrected chi connectivity index (χ3v) is 3.07. The molecular weight excluding hydrogens is 222 g/mol. The molecule has 0 aliphatic carbocycles. The predicted octanol–water partition coefficient (Wildman–Crippen LogP) is 1.63. The molecule has 0 radical (unpaired) electrons. The Kier molecular flexibility index (Phi) is 3.09. The number of rotatable bonds is 4. The minimum Gasteiger partial charge on any atom is -0.383 e. The van der Waals surface area contributed by atoms with Gasteiger partial charge in [0.15, 0.2) is 0 Å². The second kappa shape index (κ2) is 4.52. The Bertz CT molecular complexity index is 473. The number of nitrogens with one attached hydrogen (secondary N) is 1. The van der Waals surface area contributed by atoms with Crippen LogP contribution in [0.1, 0.15) is 18.2 Å². The Hall–Kier alpha value is -1.56. The molecule has 2 heterocycles. The maximum absolute atomic E-state index is 5.55. The fraction of sp³-hybridized carbons (Fsp3) is 0.400. The molecule has 0 bridgehead atoms. The van der Waals surface area contributed by atoms with Crippen molar-refractivity contribution in [3.05, 3.63) is 23.5 Å². The van der Waals surface area contributed by atoms with Gasteiger partial charge in [-0.1, -0.05) is 6.92 Å². The number of nitrogen functional groups attached to an aromatic ring is 1. The van der Waals surface area contributed by atoms with Crippen molar-refractivity contribution in [3.8, 4) is 0 Å². The second-order valence-corrected chi connectivity index (χ2v) is 4.40. The Labute approximate surface area is 98.4 Å². The number of hydrogen-bond donors (Lipinski definition) is 2. The van der Waals surface area contributed by atoms with E-state index in [1.54, 1.807) is 0 Å².